The Morgan fingerprint density at radius 3 is 2.52 bits per heavy atom. The predicted octanol–water partition coefficient (Wildman–Crippen LogP) is 4.26. The molecule has 0 aliphatic rings. The van der Waals surface area contributed by atoms with Crippen molar-refractivity contribution >= 4 is 34.9 Å². The number of carbonyl (C=O) groups excluding carboxylic acids is 1. The van der Waals surface area contributed by atoms with E-state index in [1.54, 1.807) is 18.2 Å². The lowest BCUT2D eigenvalue weighted by atomic mass is 10.2. The second-order valence-electron chi connectivity index (χ2n) is 4.10. The van der Waals surface area contributed by atoms with Crippen molar-refractivity contribution in [2.75, 3.05) is 0 Å². The van der Waals surface area contributed by atoms with Gasteiger partial charge in [0.1, 0.15) is 12.2 Å². The molecule has 0 fully saturated rings. The second kappa shape index (κ2) is 6.56. The fourth-order valence-corrected chi connectivity index (χ4v) is 1.98. The SMILES string of the molecule is O=C(OCc1ccc(Cl)c(Cl)c1)c1ccccc1[N+](=O)[O-]. The monoisotopic (exact) mass is 325 g/mol. The van der Waals surface area contributed by atoms with E-state index in [4.69, 9.17) is 27.9 Å². The standard InChI is InChI=1S/C14H9Cl2NO4/c15-11-6-5-9(7-12(11)16)8-21-14(18)10-3-1-2-4-13(10)17(19)20/h1-7H,8H2. The van der Waals surface area contributed by atoms with E-state index in [2.05, 4.69) is 0 Å². The maximum absolute atomic E-state index is 11.9. The number of esters is 1. The van der Waals surface area contributed by atoms with Crippen LogP contribution in [0.15, 0.2) is 42.5 Å². The van der Waals surface area contributed by atoms with Gasteiger partial charge in [-0.15, -0.1) is 0 Å². The summed E-state index contributed by atoms with van der Waals surface area (Å²) in [5.74, 6) is -0.770. The molecule has 0 unspecified atom stereocenters. The Morgan fingerprint density at radius 1 is 1.14 bits per heavy atom. The van der Waals surface area contributed by atoms with Crippen LogP contribution in [0.1, 0.15) is 15.9 Å². The molecule has 0 atom stereocenters. The van der Waals surface area contributed by atoms with Gasteiger partial charge in [-0.05, 0) is 23.8 Å². The number of para-hydroxylation sites is 1. The number of benzene rings is 2. The van der Waals surface area contributed by atoms with E-state index in [9.17, 15) is 14.9 Å². The zero-order chi connectivity index (χ0) is 15.4. The molecule has 0 aliphatic carbocycles. The van der Waals surface area contributed by atoms with Crippen molar-refractivity contribution in [2.45, 2.75) is 6.61 Å². The number of carbonyl (C=O) groups is 1. The number of nitrogens with zero attached hydrogens (tertiary/aromatic N) is 1. The Kier molecular flexibility index (Phi) is 4.77. The van der Waals surface area contributed by atoms with Gasteiger partial charge in [-0.1, -0.05) is 41.4 Å². The Bertz CT molecular complexity index is 703. The highest BCUT2D eigenvalue weighted by Gasteiger charge is 2.20. The zero-order valence-corrected chi connectivity index (χ0v) is 12.1. The Hall–Kier alpha value is -2.11. The smallest absolute Gasteiger partial charge is 0.345 e. The summed E-state index contributed by atoms with van der Waals surface area (Å²) < 4.78 is 5.05. The molecule has 5 nitrogen and oxygen atoms in total. The normalized spacial score (nSPS) is 10.2. The molecular formula is C14H9Cl2NO4. The third-order valence-electron chi connectivity index (χ3n) is 2.67. The van der Waals surface area contributed by atoms with Crippen LogP contribution < -0.4 is 0 Å². The van der Waals surface area contributed by atoms with Crippen LogP contribution in [0.3, 0.4) is 0 Å². The first-order valence-corrected chi connectivity index (χ1v) is 6.59. The van der Waals surface area contributed by atoms with Gasteiger partial charge in [0.15, 0.2) is 0 Å². The van der Waals surface area contributed by atoms with Crippen LogP contribution in [0.4, 0.5) is 5.69 Å². The molecule has 21 heavy (non-hydrogen) atoms. The van der Waals surface area contributed by atoms with E-state index in [1.165, 1.54) is 24.3 Å². The van der Waals surface area contributed by atoms with Gasteiger partial charge in [-0.3, -0.25) is 10.1 Å². The topological polar surface area (TPSA) is 69.4 Å². The molecule has 0 spiro atoms. The van der Waals surface area contributed by atoms with Crippen molar-refractivity contribution in [3.05, 3.63) is 73.8 Å². The number of nitro benzene ring substituents is 1. The first-order valence-electron chi connectivity index (χ1n) is 5.83. The lowest BCUT2D eigenvalue weighted by Gasteiger charge is -2.06. The molecule has 108 valence electrons. The molecule has 2 aromatic rings. The molecule has 0 saturated carbocycles. The summed E-state index contributed by atoms with van der Waals surface area (Å²) in [5, 5.41) is 11.6. The van der Waals surface area contributed by atoms with E-state index in [1.807, 2.05) is 0 Å². The van der Waals surface area contributed by atoms with Gasteiger partial charge in [0, 0.05) is 6.07 Å². The zero-order valence-electron chi connectivity index (χ0n) is 10.6. The number of ether oxygens (including phenoxy) is 1. The van der Waals surface area contributed by atoms with Gasteiger partial charge in [-0.25, -0.2) is 4.79 Å². The molecule has 2 aromatic carbocycles. The highest BCUT2D eigenvalue weighted by atomic mass is 35.5. The average molecular weight is 326 g/mol. The van der Waals surface area contributed by atoms with Crippen molar-refractivity contribution in [1.82, 2.24) is 0 Å². The highest BCUT2D eigenvalue weighted by molar-refractivity contribution is 6.42. The van der Waals surface area contributed by atoms with Crippen molar-refractivity contribution in [3.63, 3.8) is 0 Å². The fourth-order valence-electron chi connectivity index (χ4n) is 1.66. The van der Waals surface area contributed by atoms with Crippen LogP contribution in [0.25, 0.3) is 0 Å². The van der Waals surface area contributed by atoms with E-state index in [0.29, 0.717) is 15.6 Å². The van der Waals surface area contributed by atoms with Gasteiger partial charge in [0.2, 0.25) is 0 Å². The summed E-state index contributed by atoms with van der Waals surface area (Å²) in [5.41, 5.74) is 0.246. The molecule has 0 aromatic heterocycles. The summed E-state index contributed by atoms with van der Waals surface area (Å²) in [7, 11) is 0. The molecular weight excluding hydrogens is 317 g/mol. The Labute approximate surface area is 130 Å². The van der Waals surface area contributed by atoms with Crippen LogP contribution in [0, 0.1) is 10.1 Å². The van der Waals surface area contributed by atoms with Crippen LogP contribution >= 0.6 is 23.2 Å². The maximum Gasteiger partial charge on any atom is 0.345 e. The predicted molar refractivity (Wildman–Crippen MR) is 78.7 cm³/mol. The molecule has 0 aliphatic heterocycles. The summed E-state index contributed by atoms with van der Waals surface area (Å²) in [6, 6.07) is 10.4. The largest absolute Gasteiger partial charge is 0.457 e. The molecule has 0 radical (unpaired) electrons. The minimum absolute atomic E-state index is 0.0538. The van der Waals surface area contributed by atoms with Gasteiger partial charge in [-0.2, -0.15) is 0 Å². The van der Waals surface area contributed by atoms with Crippen LogP contribution in [0.5, 0.6) is 0 Å². The molecule has 0 heterocycles. The quantitative estimate of drug-likeness (QED) is 0.478. The number of nitro groups is 1. The van der Waals surface area contributed by atoms with Crippen molar-refractivity contribution in [2.24, 2.45) is 0 Å². The van der Waals surface area contributed by atoms with Crippen LogP contribution in [0.2, 0.25) is 10.0 Å². The van der Waals surface area contributed by atoms with Crippen LogP contribution in [-0.2, 0) is 11.3 Å². The number of rotatable bonds is 4. The average Bonchev–Trinajstić information content (AvgIpc) is 2.48. The van der Waals surface area contributed by atoms with Crippen molar-refractivity contribution < 1.29 is 14.5 Å². The van der Waals surface area contributed by atoms with E-state index >= 15 is 0 Å². The molecule has 7 heteroatoms. The number of halogens is 2. The van der Waals surface area contributed by atoms with Gasteiger partial charge >= 0.3 is 5.97 Å². The third kappa shape index (κ3) is 3.71. The lowest BCUT2D eigenvalue weighted by Crippen LogP contribution is -2.08. The minimum Gasteiger partial charge on any atom is -0.457 e. The van der Waals surface area contributed by atoms with Gasteiger partial charge in [0.25, 0.3) is 5.69 Å². The molecule has 0 bridgehead atoms. The summed E-state index contributed by atoms with van der Waals surface area (Å²) in [6.07, 6.45) is 0. The molecule has 0 amide bonds. The van der Waals surface area contributed by atoms with Crippen molar-refractivity contribution in [3.8, 4) is 0 Å². The lowest BCUT2D eigenvalue weighted by molar-refractivity contribution is -0.385. The Morgan fingerprint density at radius 2 is 1.86 bits per heavy atom. The molecule has 2 rings (SSSR count). The van der Waals surface area contributed by atoms with E-state index < -0.39 is 10.9 Å². The van der Waals surface area contributed by atoms with Crippen molar-refractivity contribution in [1.29, 1.82) is 0 Å². The first-order chi connectivity index (χ1) is 9.99. The number of hydrogen-bond acceptors (Lipinski definition) is 4. The molecule has 0 N–H and O–H groups in total. The second-order valence-corrected chi connectivity index (χ2v) is 4.91. The fraction of sp³-hybridized carbons (Fsp3) is 0.0714. The van der Waals surface area contributed by atoms with Crippen LogP contribution in [-0.4, -0.2) is 10.9 Å². The van der Waals surface area contributed by atoms with Gasteiger partial charge in [0.05, 0.1) is 15.0 Å². The Balaban J connectivity index is 2.12. The summed E-state index contributed by atoms with van der Waals surface area (Å²) >= 11 is 11.6. The van der Waals surface area contributed by atoms with E-state index in [-0.39, 0.29) is 17.9 Å². The number of hydrogen-bond donors (Lipinski definition) is 0. The van der Waals surface area contributed by atoms with E-state index in [0.717, 1.165) is 0 Å². The highest BCUT2D eigenvalue weighted by Crippen LogP contribution is 2.24. The van der Waals surface area contributed by atoms with Gasteiger partial charge < -0.3 is 4.74 Å². The first kappa shape index (κ1) is 15.3. The minimum atomic E-state index is -0.770. The third-order valence-corrected chi connectivity index (χ3v) is 3.41. The summed E-state index contributed by atoms with van der Waals surface area (Å²) in [4.78, 5) is 22.1. The summed E-state index contributed by atoms with van der Waals surface area (Å²) in [6.45, 7) is -0.0538. The maximum atomic E-state index is 11.9. The molecule has 0 saturated heterocycles.